The molecule has 10 nitrogen and oxygen atoms in total. The highest BCUT2D eigenvalue weighted by Crippen LogP contribution is 2.39. The lowest BCUT2D eigenvalue weighted by molar-refractivity contribution is -0.384. The fourth-order valence-electron chi connectivity index (χ4n) is 5.26. The molecule has 4 aromatic rings. The maximum atomic E-state index is 13.3. The van der Waals surface area contributed by atoms with Crippen molar-refractivity contribution in [3.05, 3.63) is 106 Å². The average molecular weight is 549 g/mol. The Bertz CT molecular complexity index is 1690. The summed E-state index contributed by atoms with van der Waals surface area (Å²) in [6, 6.07) is 19.7. The number of aromatic amines is 1. The molecule has 0 atom stereocenters. The minimum Gasteiger partial charge on any atom is -0.354 e. The number of carbonyl (C=O) groups is 2. The van der Waals surface area contributed by atoms with Crippen LogP contribution in [-0.2, 0) is 16.1 Å². The van der Waals surface area contributed by atoms with Crippen molar-refractivity contribution in [3.8, 4) is 11.3 Å². The van der Waals surface area contributed by atoms with Crippen LogP contribution in [0.5, 0.6) is 0 Å². The standard InChI is InChI=1S/C31H28N6O4/c1-19-32-17-27(33-19)21-9-11-23(12-10-21)34-30(29-25-16-24(37(40)41)13-14-26(25)35-31(29)39)22-7-5-20(6-8-22)18-36-15-3-2-4-28(36)38/h5-14,16-17,34H,2-4,15,18H2,1H3,(H,32,33)(H,35,39)/b30-29-. The Hall–Kier alpha value is -5.25. The van der Waals surface area contributed by atoms with Crippen LogP contribution in [0.1, 0.15) is 41.8 Å². The van der Waals surface area contributed by atoms with Crippen LogP contribution in [0.25, 0.3) is 22.5 Å². The van der Waals surface area contributed by atoms with Gasteiger partial charge in [0.2, 0.25) is 5.91 Å². The number of likely N-dealkylation sites (tertiary alicyclic amines) is 1. The summed E-state index contributed by atoms with van der Waals surface area (Å²) in [4.78, 5) is 46.1. The number of fused-ring (bicyclic) bond motifs is 1. The highest BCUT2D eigenvalue weighted by molar-refractivity contribution is 6.37. The molecule has 2 amide bonds. The van der Waals surface area contributed by atoms with E-state index in [2.05, 4.69) is 20.6 Å². The van der Waals surface area contributed by atoms with E-state index in [4.69, 9.17) is 0 Å². The number of nitrogens with one attached hydrogen (secondary N) is 3. The molecule has 1 aromatic heterocycles. The summed E-state index contributed by atoms with van der Waals surface area (Å²) in [7, 11) is 0. The first-order valence-electron chi connectivity index (χ1n) is 13.5. The number of aryl methyl sites for hydroxylation is 1. The van der Waals surface area contributed by atoms with Gasteiger partial charge in [-0.1, -0.05) is 36.4 Å². The Kier molecular flexibility index (Phi) is 6.80. The monoisotopic (exact) mass is 548 g/mol. The van der Waals surface area contributed by atoms with Crippen molar-refractivity contribution >= 4 is 40.1 Å². The first-order valence-corrected chi connectivity index (χ1v) is 13.5. The van der Waals surface area contributed by atoms with Crippen molar-refractivity contribution in [2.24, 2.45) is 0 Å². The van der Waals surface area contributed by atoms with Crippen LogP contribution in [0.3, 0.4) is 0 Å². The number of anilines is 2. The molecule has 6 rings (SSSR count). The third kappa shape index (κ3) is 5.31. The van der Waals surface area contributed by atoms with Gasteiger partial charge in [0.1, 0.15) is 5.82 Å². The predicted octanol–water partition coefficient (Wildman–Crippen LogP) is 5.74. The van der Waals surface area contributed by atoms with E-state index in [1.54, 1.807) is 6.07 Å². The number of nitro groups is 1. The predicted molar refractivity (Wildman–Crippen MR) is 157 cm³/mol. The lowest BCUT2D eigenvalue weighted by Gasteiger charge is -2.26. The van der Waals surface area contributed by atoms with Crippen molar-refractivity contribution in [1.82, 2.24) is 14.9 Å². The van der Waals surface area contributed by atoms with E-state index >= 15 is 0 Å². The van der Waals surface area contributed by atoms with Gasteiger partial charge >= 0.3 is 0 Å². The van der Waals surface area contributed by atoms with Crippen LogP contribution in [0.4, 0.5) is 17.1 Å². The Morgan fingerprint density at radius 1 is 1.05 bits per heavy atom. The molecule has 1 saturated heterocycles. The van der Waals surface area contributed by atoms with Gasteiger partial charge in [-0.25, -0.2) is 4.98 Å². The molecule has 0 bridgehead atoms. The van der Waals surface area contributed by atoms with Crippen molar-refractivity contribution < 1.29 is 14.5 Å². The summed E-state index contributed by atoms with van der Waals surface area (Å²) in [6.45, 7) is 3.17. The Morgan fingerprint density at radius 2 is 1.83 bits per heavy atom. The fourth-order valence-corrected chi connectivity index (χ4v) is 5.26. The highest BCUT2D eigenvalue weighted by atomic mass is 16.6. The number of benzene rings is 3. The van der Waals surface area contributed by atoms with Gasteiger partial charge in [-0.05, 0) is 49.1 Å². The normalized spacial score (nSPS) is 15.9. The molecule has 0 saturated carbocycles. The second-order valence-corrected chi connectivity index (χ2v) is 10.2. The van der Waals surface area contributed by atoms with E-state index in [-0.39, 0.29) is 17.5 Å². The third-order valence-electron chi connectivity index (χ3n) is 7.40. The van der Waals surface area contributed by atoms with E-state index in [1.807, 2.05) is 66.6 Å². The number of aromatic nitrogens is 2. The van der Waals surface area contributed by atoms with Crippen molar-refractivity contribution in [2.45, 2.75) is 32.7 Å². The first-order chi connectivity index (χ1) is 19.9. The highest BCUT2D eigenvalue weighted by Gasteiger charge is 2.30. The topological polar surface area (TPSA) is 133 Å². The fraction of sp³-hybridized carbons (Fsp3) is 0.194. The van der Waals surface area contributed by atoms with Gasteiger partial charge in [-0.15, -0.1) is 0 Å². The number of hydrogen-bond donors (Lipinski definition) is 3. The number of piperidine rings is 1. The quantitative estimate of drug-likeness (QED) is 0.153. The molecule has 0 unspecified atom stereocenters. The number of nitrogens with zero attached hydrogens (tertiary/aromatic N) is 3. The minimum atomic E-state index is -0.472. The average Bonchev–Trinajstić information content (AvgIpc) is 3.55. The first kappa shape index (κ1) is 26.0. The number of hydrogen-bond acceptors (Lipinski definition) is 6. The van der Waals surface area contributed by atoms with Gasteiger partial charge < -0.3 is 20.5 Å². The summed E-state index contributed by atoms with van der Waals surface area (Å²) in [6.07, 6.45) is 4.36. The Labute approximate surface area is 236 Å². The van der Waals surface area contributed by atoms with Crippen LogP contribution in [0.15, 0.2) is 72.9 Å². The number of imidazole rings is 1. The lowest BCUT2D eigenvalue weighted by Crippen LogP contribution is -2.34. The number of rotatable bonds is 7. The molecule has 0 spiro atoms. The Morgan fingerprint density at radius 3 is 2.51 bits per heavy atom. The minimum absolute atomic E-state index is 0.0997. The molecule has 2 aliphatic rings. The molecule has 1 fully saturated rings. The number of amides is 2. The van der Waals surface area contributed by atoms with E-state index in [9.17, 15) is 19.7 Å². The smallest absolute Gasteiger partial charge is 0.270 e. The van der Waals surface area contributed by atoms with Crippen molar-refractivity contribution in [1.29, 1.82) is 0 Å². The molecule has 0 radical (unpaired) electrons. The second-order valence-electron chi connectivity index (χ2n) is 10.2. The van der Waals surface area contributed by atoms with Gasteiger partial charge in [0.25, 0.3) is 11.6 Å². The molecular weight excluding hydrogens is 520 g/mol. The van der Waals surface area contributed by atoms with Gasteiger partial charge in [0, 0.05) is 60.3 Å². The number of H-pyrrole nitrogens is 1. The number of nitro benzene ring substituents is 1. The summed E-state index contributed by atoms with van der Waals surface area (Å²) < 4.78 is 0. The molecule has 206 valence electrons. The molecule has 0 aliphatic carbocycles. The summed E-state index contributed by atoms with van der Waals surface area (Å²) in [5.41, 5.74) is 5.92. The van der Waals surface area contributed by atoms with Crippen LogP contribution in [0.2, 0.25) is 0 Å². The maximum Gasteiger partial charge on any atom is 0.270 e. The van der Waals surface area contributed by atoms with Gasteiger partial charge in [0.05, 0.1) is 21.9 Å². The number of non-ortho nitro benzene ring substituents is 1. The SMILES string of the molecule is Cc1nc(-c2ccc(N/C(=C3\C(=O)Nc4ccc([N+](=O)[O-])cc43)c3ccc(CN4CCCCC4=O)cc3)cc2)c[nH]1. The van der Waals surface area contributed by atoms with E-state index < -0.39 is 4.92 Å². The number of carbonyl (C=O) groups excluding carboxylic acids is 2. The molecule has 41 heavy (non-hydrogen) atoms. The molecule has 3 N–H and O–H groups in total. The molecule has 3 aromatic carbocycles. The summed E-state index contributed by atoms with van der Waals surface area (Å²) >= 11 is 0. The van der Waals surface area contributed by atoms with Crippen molar-refractivity contribution in [3.63, 3.8) is 0 Å². The van der Waals surface area contributed by atoms with Gasteiger partial charge in [-0.2, -0.15) is 0 Å². The third-order valence-corrected chi connectivity index (χ3v) is 7.40. The van der Waals surface area contributed by atoms with E-state index in [0.29, 0.717) is 35.5 Å². The molecular formula is C31H28N6O4. The van der Waals surface area contributed by atoms with Gasteiger partial charge in [0.15, 0.2) is 0 Å². The molecule has 3 heterocycles. The van der Waals surface area contributed by atoms with Crippen LogP contribution >= 0.6 is 0 Å². The summed E-state index contributed by atoms with van der Waals surface area (Å²) in [5.74, 6) is 0.635. The van der Waals surface area contributed by atoms with Gasteiger partial charge in [-0.3, -0.25) is 19.7 Å². The lowest BCUT2D eigenvalue weighted by atomic mass is 9.98. The van der Waals surface area contributed by atoms with E-state index in [1.165, 1.54) is 12.1 Å². The zero-order chi connectivity index (χ0) is 28.5. The zero-order valence-corrected chi connectivity index (χ0v) is 22.4. The summed E-state index contributed by atoms with van der Waals surface area (Å²) in [5, 5.41) is 17.8. The molecule has 2 aliphatic heterocycles. The second kappa shape index (κ2) is 10.7. The molecule has 10 heteroatoms. The van der Waals surface area contributed by atoms with Crippen molar-refractivity contribution in [2.75, 3.05) is 17.2 Å². The van der Waals surface area contributed by atoms with Crippen LogP contribution < -0.4 is 10.6 Å². The Balaban J connectivity index is 1.38. The largest absolute Gasteiger partial charge is 0.354 e. The van der Waals surface area contributed by atoms with Crippen LogP contribution in [0, 0.1) is 17.0 Å². The van der Waals surface area contributed by atoms with Crippen LogP contribution in [-0.4, -0.2) is 38.2 Å². The maximum absolute atomic E-state index is 13.3. The zero-order valence-electron chi connectivity index (χ0n) is 22.4. The van der Waals surface area contributed by atoms with E-state index in [0.717, 1.165) is 53.3 Å².